The third-order valence-electron chi connectivity index (χ3n) is 1.35. The molecule has 1 aromatic carbocycles. The van der Waals surface area contributed by atoms with Crippen molar-refractivity contribution in [3.63, 3.8) is 0 Å². The van der Waals surface area contributed by atoms with E-state index in [2.05, 4.69) is 0 Å². The number of halogens is 9. The van der Waals surface area contributed by atoms with Gasteiger partial charge in [0.1, 0.15) is 5.82 Å². The molecule has 2 radical (unpaired) electrons. The molecule has 0 saturated heterocycles. The predicted molar refractivity (Wildman–Crippen MR) is 50.7 cm³/mol. The average Bonchev–Trinajstić information content (AvgIpc) is 1.95. The van der Waals surface area contributed by atoms with Gasteiger partial charge in [0, 0.05) is 0 Å². The number of rotatable bonds is 2. The molecule has 0 saturated carbocycles. The molecule has 0 amide bonds. The molecule has 1 rings (SSSR count). The van der Waals surface area contributed by atoms with E-state index in [1.165, 1.54) is 12.1 Å². The standard InChI is InChI=1S/C8H10FN.Ca.8HI.Pb.Ti/c9-8-3-1-7(2-4-8)5-6-10;;;;;;;;;;;/h1-4H,5-6,10H2;;8*1H;;/q;+2;;;;;;;;;+2;+4/p-8. The second-order valence-corrected chi connectivity index (χ2v) is 2.17. The molecule has 0 aliphatic carbocycles. The summed E-state index contributed by atoms with van der Waals surface area (Å²) in [5.74, 6) is -0.194. The third-order valence-corrected chi connectivity index (χ3v) is 1.35. The van der Waals surface area contributed by atoms with E-state index >= 15 is 0 Å². The normalized spacial score (nSPS) is 4.67. The first-order chi connectivity index (χ1) is 4.83. The van der Waals surface area contributed by atoms with Crippen LogP contribution in [0, 0.1) is 5.82 Å². The Morgan fingerprint density at radius 3 is 1.29 bits per heavy atom. The Morgan fingerprint density at radius 2 is 1.05 bits per heavy atom. The third kappa shape index (κ3) is 42.8. The van der Waals surface area contributed by atoms with Gasteiger partial charge >= 0.3 is 86.8 Å². The van der Waals surface area contributed by atoms with E-state index in [0.29, 0.717) is 6.54 Å². The fraction of sp³-hybridized carbons (Fsp3) is 0.250. The van der Waals surface area contributed by atoms with E-state index in [9.17, 15) is 4.39 Å². The first kappa shape index (κ1) is 70.2. The van der Waals surface area contributed by atoms with Crippen molar-refractivity contribution in [2.45, 2.75) is 6.42 Å². The summed E-state index contributed by atoms with van der Waals surface area (Å²) in [6.45, 7) is 0.617. The van der Waals surface area contributed by atoms with Gasteiger partial charge in [-0.15, -0.1) is 0 Å². The van der Waals surface area contributed by atoms with Gasteiger partial charge in [-0.1, -0.05) is 12.1 Å². The van der Waals surface area contributed by atoms with Gasteiger partial charge < -0.3 is 198 Å². The molecule has 13 heteroatoms. The summed E-state index contributed by atoms with van der Waals surface area (Å²) >= 11 is 0. The van der Waals surface area contributed by atoms with Crippen molar-refractivity contribution in [1.82, 2.24) is 0 Å². The number of hydrogen-bond donors (Lipinski definition) is 1. The fourth-order valence-electron chi connectivity index (χ4n) is 0.818. The van der Waals surface area contributed by atoms with Gasteiger partial charge in [0.25, 0.3) is 0 Å². The SMILES string of the molecule is NCCc1ccc(F)cc1.[Ca+2].[I-].[I-].[I-].[I-].[I-].[I-].[I-].[I-].[Pb+2].[Ti+4]. The van der Waals surface area contributed by atoms with Crippen LogP contribution >= 0.6 is 0 Å². The van der Waals surface area contributed by atoms with Crippen molar-refractivity contribution >= 4 is 65.0 Å². The fourth-order valence-corrected chi connectivity index (χ4v) is 0.818. The van der Waals surface area contributed by atoms with Crippen molar-refractivity contribution in [2.75, 3.05) is 6.54 Å². The molecule has 0 aliphatic rings. The van der Waals surface area contributed by atoms with Crippen LogP contribution in [0.2, 0.25) is 0 Å². The van der Waals surface area contributed by atoms with E-state index in [1.54, 1.807) is 12.1 Å². The van der Waals surface area contributed by atoms with Crippen LogP contribution < -0.4 is 198 Å². The number of nitrogens with two attached hydrogens (primary N) is 1. The van der Waals surface area contributed by atoms with Gasteiger partial charge in [0.05, 0.1) is 0 Å². The number of benzene rings is 1. The first-order valence-corrected chi connectivity index (χ1v) is 3.27. The quantitative estimate of drug-likeness (QED) is 0.232. The maximum Gasteiger partial charge on any atom is 4.00 e. The Morgan fingerprint density at radius 1 is 0.762 bits per heavy atom. The molecular formula is C8H10CaFI8NPbTi. The minimum atomic E-state index is -0.194. The summed E-state index contributed by atoms with van der Waals surface area (Å²) in [4.78, 5) is 0. The zero-order valence-corrected chi connectivity index (χ0v) is 35.3. The van der Waals surface area contributed by atoms with E-state index in [1.807, 2.05) is 0 Å². The Hall–Kier alpha value is 7.85. The molecule has 0 heterocycles. The van der Waals surface area contributed by atoms with Crippen LogP contribution in [0.15, 0.2) is 24.3 Å². The maximum absolute atomic E-state index is 12.3. The smallest absolute Gasteiger partial charge is 1.00 e. The van der Waals surface area contributed by atoms with Crippen molar-refractivity contribution in [3.05, 3.63) is 35.6 Å². The minimum Gasteiger partial charge on any atom is -1.00 e. The molecule has 0 bridgehead atoms. The molecule has 0 aromatic heterocycles. The van der Waals surface area contributed by atoms with Crippen molar-refractivity contribution in [2.24, 2.45) is 5.73 Å². The zero-order chi connectivity index (χ0) is 7.40. The van der Waals surface area contributed by atoms with Crippen LogP contribution in [0.1, 0.15) is 5.56 Å². The van der Waals surface area contributed by atoms with Crippen LogP contribution in [0.5, 0.6) is 0 Å². The summed E-state index contributed by atoms with van der Waals surface area (Å²) in [5, 5.41) is 0. The molecule has 0 unspecified atom stereocenters. The first-order valence-electron chi connectivity index (χ1n) is 3.27. The summed E-state index contributed by atoms with van der Waals surface area (Å²) in [6, 6.07) is 6.40. The van der Waals surface area contributed by atoms with E-state index < -0.39 is 0 Å². The van der Waals surface area contributed by atoms with E-state index in [0.717, 1.165) is 12.0 Å². The second kappa shape index (κ2) is 51.0. The molecule has 21 heavy (non-hydrogen) atoms. The van der Waals surface area contributed by atoms with Gasteiger partial charge in [-0.3, -0.25) is 0 Å². The van der Waals surface area contributed by atoms with E-state index in [-0.39, 0.29) is 284 Å². The van der Waals surface area contributed by atoms with Gasteiger partial charge in [0.2, 0.25) is 0 Å². The van der Waals surface area contributed by atoms with Gasteiger partial charge in [-0.05, 0) is 30.7 Å². The largest absolute Gasteiger partial charge is 4.00 e. The van der Waals surface area contributed by atoms with Crippen LogP contribution in [0.4, 0.5) is 4.39 Å². The van der Waals surface area contributed by atoms with Crippen molar-refractivity contribution < 1.29 is 218 Å². The second-order valence-electron chi connectivity index (χ2n) is 2.17. The van der Waals surface area contributed by atoms with Crippen LogP contribution in [-0.2, 0) is 28.1 Å². The van der Waals surface area contributed by atoms with E-state index in [4.69, 9.17) is 5.73 Å². The molecular weight excluding hydrogens is 1440 g/mol. The van der Waals surface area contributed by atoms with Gasteiger partial charge in [-0.2, -0.15) is 0 Å². The molecule has 0 atom stereocenters. The molecule has 1 nitrogen and oxygen atoms in total. The molecule has 2 N–H and O–H groups in total. The summed E-state index contributed by atoms with van der Waals surface area (Å²) in [7, 11) is 0. The Balaban J connectivity index is -0.0000000101. The molecule has 0 aliphatic heterocycles. The molecule has 1 aromatic rings. The average molecular weight is 1450 g/mol. The Labute approximate surface area is 328 Å². The summed E-state index contributed by atoms with van der Waals surface area (Å²) < 4.78 is 12.3. The number of hydrogen-bond acceptors (Lipinski definition) is 1. The summed E-state index contributed by atoms with van der Waals surface area (Å²) in [6.07, 6.45) is 0.820. The van der Waals surface area contributed by atoms with Gasteiger partial charge in [-0.25, -0.2) is 4.39 Å². The predicted octanol–water partition coefficient (Wildman–Crippen LogP) is -23.4. The molecule has 120 valence electrons. The molecule has 0 spiro atoms. The van der Waals surface area contributed by atoms with Crippen LogP contribution in [0.25, 0.3) is 0 Å². The van der Waals surface area contributed by atoms with Crippen molar-refractivity contribution in [1.29, 1.82) is 0 Å². The summed E-state index contributed by atoms with van der Waals surface area (Å²) in [5.41, 5.74) is 6.39. The Bertz CT molecular complexity index is 228. The monoisotopic (exact) mass is 1450 g/mol. The van der Waals surface area contributed by atoms with Crippen molar-refractivity contribution in [3.8, 4) is 0 Å². The Kier molecular flexibility index (Phi) is 170. The zero-order valence-electron chi connectivity index (χ0n) is 10.4. The van der Waals surface area contributed by atoms with Crippen LogP contribution in [0.3, 0.4) is 0 Å². The van der Waals surface area contributed by atoms with Crippen LogP contribution in [-0.4, -0.2) is 71.6 Å². The van der Waals surface area contributed by atoms with Gasteiger partial charge in [0.15, 0.2) is 0 Å². The molecule has 0 fully saturated rings. The topological polar surface area (TPSA) is 26.0 Å². The maximum atomic E-state index is 12.3. The minimum absolute atomic E-state index is 0.